The van der Waals surface area contributed by atoms with Crippen LogP contribution in [0.5, 0.6) is 11.5 Å². The molecule has 1 unspecified atom stereocenters. The van der Waals surface area contributed by atoms with Gasteiger partial charge in [0.05, 0.1) is 31.0 Å². The third-order valence-electron chi connectivity index (χ3n) is 2.77. The number of hydrogen-bond donors (Lipinski definition) is 0. The van der Waals surface area contributed by atoms with Gasteiger partial charge in [0.25, 0.3) is 0 Å². The van der Waals surface area contributed by atoms with Crippen molar-refractivity contribution in [3.05, 3.63) is 17.2 Å². The summed E-state index contributed by atoms with van der Waals surface area (Å²) in [4.78, 5) is 2.10. The Balaban J connectivity index is 2.32. The lowest BCUT2D eigenvalue weighted by molar-refractivity contribution is 0.0799. The van der Waals surface area contributed by atoms with Crippen molar-refractivity contribution in [3.63, 3.8) is 0 Å². The average molecular weight is 258 g/mol. The van der Waals surface area contributed by atoms with Gasteiger partial charge in [0, 0.05) is 20.2 Å². The van der Waals surface area contributed by atoms with Crippen LogP contribution in [-0.4, -0.2) is 40.5 Å². The van der Waals surface area contributed by atoms with Gasteiger partial charge in [-0.05, 0) is 6.07 Å². The molecule has 1 heterocycles. The number of methoxy groups -OCH3 is 2. The SMILES string of the molecule is COCC1CN(C)c2cc(Cl)c(OC)cc2O1. The fourth-order valence-electron chi connectivity index (χ4n) is 1.97. The van der Waals surface area contributed by atoms with Gasteiger partial charge in [-0.2, -0.15) is 0 Å². The molecule has 0 fully saturated rings. The molecule has 1 aromatic rings. The van der Waals surface area contributed by atoms with Gasteiger partial charge in [-0.3, -0.25) is 0 Å². The van der Waals surface area contributed by atoms with Crippen LogP contribution in [0, 0.1) is 0 Å². The molecular formula is C12H16ClNO3. The van der Waals surface area contributed by atoms with E-state index >= 15 is 0 Å². The molecule has 0 saturated carbocycles. The highest BCUT2D eigenvalue weighted by molar-refractivity contribution is 6.32. The number of anilines is 1. The summed E-state index contributed by atoms with van der Waals surface area (Å²) in [5.74, 6) is 1.40. The first-order valence-corrected chi connectivity index (χ1v) is 5.77. The summed E-state index contributed by atoms with van der Waals surface area (Å²) in [5.41, 5.74) is 0.975. The van der Waals surface area contributed by atoms with Gasteiger partial charge in [0.15, 0.2) is 0 Å². The molecule has 0 spiro atoms. The summed E-state index contributed by atoms with van der Waals surface area (Å²) in [5, 5.41) is 0.590. The summed E-state index contributed by atoms with van der Waals surface area (Å²) in [6, 6.07) is 3.68. The number of halogens is 1. The van der Waals surface area contributed by atoms with Gasteiger partial charge < -0.3 is 19.1 Å². The van der Waals surface area contributed by atoms with Crippen LogP contribution in [0.1, 0.15) is 0 Å². The maximum absolute atomic E-state index is 6.09. The predicted molar refractivity (Wildman–Crippen MR) is 67.6 cm³/mol. The molecule has 0 amide bonds. The van der Waals surface area contributed by atoms with E-state index in [9.17, 15) is 0 Å². The van der Waals surface area contributed by atoms with Gasteiger partial charge in [0.1, 0.15) is 17.6 Å². The van der Waals surface area contributed by atoms with Gasteiger partial charge in [0.2, 0.25) is 0 Å². The number of hydrogen-bond acceptors (Lipinski definition) is 4. The van der Waals surface area contributed by atoms with Crippen molar-refractivity contribution in [1.82, 2.24) is 0 Å². The van der Waals surface area contributed by atoms with E-state index in [1.54, 1.807) is 14.2 Å². The van der Waals surface area contributed by atoms with E-state index in [0.29, 0.717) is 17.4 Å². The number of rotatable bonds is 3. The number of benzene rings is 1. The summed E-state index contributed by atoms with van der Waals surface area (Å²) >= 11 is 6.09. The topological polar surface area (TPSA) is 30.9 Å². The van der Waals surface area contributed by atoms with Crippen LogP contribution in [0.25, 0.3) is 0 Å². The molecule has 0 bridgehead atoms. The van der Waals surface area contributed by atoms with Crippen molar-refractivity contribution in [2.45, 2.75) is 6.10 Å². The third-order valence-corrected chi connectivity index (χ3v) is 3.06. The smallest absolute Gasteiger partial charge is 0.147 e. The Bertz CT molecular complexity index is 411. The van der Waals surface area contributed by atoms with Gasteiger partial charge in [-0.1, -0.05) is 11.6 Å². The molecule has 0 N–H and O–H groups in total. The minimum atomic E-state index is 0.0309. The second-order valence-electron chi connectivity index (χ2n) is 4.03. The molecule has 1 aliphatic heterocycles. The van der Waals surface area contributed by atoms with Crippen molar-refractivity contribution < 1.29 is 14.2 Å². The molecule has 94 valence electrons. The minimum absolute atomic E-state index is 0.0309. The molecule has 0 aromatic heterocycles. The molecule has 1 aliphatic rings. The summed E-state index contributed by atoms with van der Waals surface area (Å²) < 4.78 is 16.1. The molecule has 0 saturated heterocycles. The van der Waals surface area contributed by atoms with Crippen LogP contribution >= 0.6 is 11.6 Å². The molecule has 4 nitrogen and oxygen atoms in total. The molecule has 1 atom stereocenters. The number of fused-ring (bicyclic) bond motifs is 1. The Kier molecular flexibility index (Phi) is 3.64. The zero-order valence-electron chi connectivity index (χ0n) is 10.2. The van der Waals surface area contributed by atoms with Crippen molar-refractivity contribution in [1.29, 1.82) is 0 Å². The predicted octanol–water partition coefficient (Wildman–Crippen LogP) is 2.19. The summed E-state index contributed by atoms with van der Waals surface area (Å²) in [6.45, 7) is 1.35. The van der Waals surface area contributed by atoms with Crippen LogP contribution in [0.2, 0.25) is 5.02 Å². The lowest BCUT2D eigenvalue weighted by Crippen LogP contribution is -2.40. The Morgan fingerprint density at radius 2 is 2.24 bits per heavy atom. The van der Waals surface area contributed by atoms with E-state index < -0.39 is 0 Å². The zero-order valence-corrected chi connectivity index (χ0v) is 11.0. The van der Waals surface area contributed by atoms with E-state index in [1.807, 2.05) is 19.2 Å². The van der Waals surface area contributed by atoms with E-state index in [2.05, 4.69) is 4.90 Å². The molecule has 0 aliphatic carbocycles. The quantitative estimate of drug-likeness (QED) is 0.831. The van der Waals surface area contributed by atoms with Crippen LogP contribution in [-0.2, 0) is 4.74 Å². The standard InChI is InChI=1S/C12H16ClNO3/c1-14-6-8(7-15-2)17-12-5-11(16-3)9(13)4-10(12)14/h4-5,8H,6-7H2,1-3H3. The molecule has 17 heavy (non-hydrogen) atoms. The maximum atomic E-state index is 6.09. The molecule has 2 rings (SSSR count). The van der Waals surface area contributed by atoms with Crippen LogP contribution in [0.15, 0.2) is 12.1 Å². The lowest BCUT2D eigenvalue weighted by Gasteiger charge is -2.33. The average Bonchev–Trinajstić information content (AvgIpc) is 2.30. The Morgan fingerprint density at radius 3 is 2.88 bits per heavy atom. The Labute approximate surface area is 106 Å². The fraction of sp³-hybridized carbons (Fsp3) is 0.500. The Morgan fingerprint density at radius 1 is 1.47 bits per heavy atom. The van der Waals surface area contributed by atoms with E-state index in [-0.39, 0.29) is 6.10 Å². The second-order valence-corrected chi connectivity index (χ2v) is 4.44. The van der Waals surface area contributed by atoms with Crippen molar-refractivity contribution in [3.8, 4) is 11.5 Å². The minimum Gasteiger partial charge on any atom is -0.495 e. The number of nitrogens with zero attached hydrogens (tertiary/aromatic N) is 1. The van der Waals surface area contributed by atoms with Crippen molar-refractivity contribution in [2.75, 3.05) is 39.3 Å². The first-order chi connectivity index (χ1) is 8.15. The van der Waals surface area contributed by atoms with Crippen molar-refractivity contribution in [2.24, 2.45) is 0 Å². The summed E-state index contributed by atoms with van der Waals surface area (Å²) in [6.07, 6.45) is 0.0309. The van der Waals surface area contributed by atoms with Crippen LogP contribution in [0.3, 0.4) is 0 Å². The van der Waals surface area contributed by atoms with Gasteiger partial charge >= 0.3 is 0 Å². The summed E-state index contributed by atoms with van der Waals surface area (Å²) in [7, 11) is 5.26. The highest BCUT2D eigenvalue weighted by Gasteiger charge is 2.24. The fourth-order valence-corrected chi connectivity index (χ4v) is 2.20. The highest BCUT2D eigenvalue weighted by Crippen LogP contribution is 2.40. The largest absolute Gasteiger partial charge is 0.495 e. The first-order valence-electron chi connectivity index (χ1n) is 5.40. The first kappa shape index (κ1) is 12.3. The Hall–Kier alpha value is -1.13. The second kappa shape index (κ2) is 5.02. The number of likely N-dealkylation sites (N-methyl/N-ethyl adjacent to an activating group) is 1. The maximum Gasteiger partial charge on any atom is 0.147 e. The van der Waals surface area contributed by atoms with Gasteiger partial charge in [-0.25, -0.2) is 0 Å². The van der Waals surface area contributed by atoms with Crippen LogP contribution in [0.4, 0.5) is 5.69 Å². The normalized spacial score (nSPS) is 18.6. The zero-order chi connectivity index (χ0) is 12.4. The molecule has 1 aromatic carbocycles. The van der Waals surface area contributed by atoms with E-state index in [4.69, 9.17) is 25.8 Å². The van der Waals surface area contributed by atoms with E-state index in [1.165, 1.54) is 0 Å². The lowest BCUT2D eigenvalue weighted by atomic mass is 10.2. The van der Waals surface area contributed by atoms with Crippen LogP contribution < -0.4 is 14.4 Å². The van der Waals surface area contributed by atoms with Gasteiger partial charge in [-0.15, -0.1) is 0 Å². The van der Waals surface area contributed by atoms with Crippen molar-refractivity contribution >= 4 is 17.3 Å². The molecular weight excluding hydrogens is 242 g/mol. The molecule has 0 radical (unpaired) electrons. The third kappa shape index (κ3) is 2.42. The number of ether oxygens (including phenoxy) is 3. The molecule has 5 heteroatoms. The van der Waals surface area contributed by atoms with E-state index in [0.717, 1.165) is 18.0 Å². The highest BCUT2D eigenvalue weighted by atomic mass is 35.5. The monoisotopic (exact) mass is 257 g/mol.